The molecule has 0 aliphatic rings. The summed E-state index contributed by atoms with van der Waals surface area (Å²) in [4.78, 5) is 12.9. The Balaban J connectivity index is 1.84. The molecule has 0 atom stereocenters. The normalized spacial score (nSPS) is 11.9. The molecule has 1 heterocycles. The van der Waals surface area contributed by atoms with Gasteiger partial charge in [0.25, 0.3) is 5.91 Å². The molecule has 0 fully saturated rings. The molecule has 0 bridgehead atoms. The molecule has 2 N–H and O–H groups in total. The van der Waals surface area contributed by atoms with E-state index in [0.717, 1.165) is 5.56 Å². The predicted octanol–water partition coefficient (Wildman–Crippen LogP) is 3.46. The summed E-state index contributed by atoms with van der Waals surface area (Å²) in [6.45, 7) is 4.17. The number of nitrogens with zero attached hydrogens (tertiary/aromatic N) is 2. The van der Waals surface area contributed by atoms with E-state index in [0.29, 0.717) is 17.2 Å². The lowest BCUT2D eigenvalue weighted by atomic mass is 9.85. The van der Waals surface area contributed by atoms with Crippen molar-refractivity contribution >= 4 is 12.1 Å². The molecule has 0 saturated heterocycles. The Morgan fingerprint density at radius 2 is 1.59 bits per heavy atom. The van der Waals surface area contributed by atoms with E-state index in [1.54, 1.807) is 54.7 Å². The minimum absolute atomic E-state index is 0.350. The van der Waals surface area contributed by atoms with Crippen LogP contribution in [0.5, 0.6) is 0 Å². The summed E-state index contributed by atoms with van der Waals surface area (Å²) < 4.78 is 2.05. The van der Waals surface area contributed by atoms with E-state index in [1.165, 1.54) is 0 Å². The molecule has 3 rings (SSSR count). The van der Waals surface area contributed by atoms with Gasteiger partial charge in [0.1, 0.15) is 0 Å². The number of aromatic nitrogens is 1. The van der Waals surface area contributed by atoms with Crippen molar-refractivity contribution in [2.45, 2.75) is 25.5 Å². The standard InChI is InChI=1S/C22H23N3O2/c1-17(2)25-14-13-18(16-25)15-23-24-21(26)22(27,19-9-5-3-6-10-19)20-11-7-4-8-12-20/h3-17,27H,1-2H3,(H,24,26)/b23-15-. The fourth-order valence-electron chi connectivity index (χ4n) is 2.86. The number of carbonyl (C=O) groups is 1. The first-order valence-electron chi connectivity index (χ1n) is 8.86. The zero-order chi connectivity index (χ0) is 19.3. The van der Waals surface area contributed by atoms with Crippen LogP contribution in [0.2, 0.25) is 0 Å². The molecule has 1 aromatic heterocycles. The summed E-state index contributed by atoms with van der Waals surface area (Å²) in [6.07, 6.45) is 5.46. The number of rotatable bonds is 6. The van der Waals surface area contributed by atoms with Crippen LogP contribution in [0.1, 0.15) is 36.6 Å². The molecular formula is C22H23N3O2. The van der Waals surface area contributed by atoms with Crippen LogP contribution in [0.15, 0.2) is 84.2 Å². The number of hydrogen-bond acceptors (Lipinski definition) is 3. The molecule has 0 spiro atoms. The lowest BCUT2D eigenvalue weighted by Crippen LogP contribution is -2.43. The highest BCUT2D eigenvalue weighted by atomic mass is 16.3. The second kappa shape index (κ2) is 8.01. The maximum atomic E-state index is 12.9. The van der Waals surface area contributed by atoms with Gasteiger partial charge in [-0.25, -0.2) is 5.43 Å². The van der Waals surface area contributed by atoms with Crippen LogP contribution in [0.25, 0.3) is 0 Å². The van der Waals surface area contributed by atoms with Crippen LogP contribution in [0.3, 0.4) is 0 Å². The Labute approximate surface area is 159 Å². The van der Waals surface area contributed by atoms with Gasteiger partial charge in [-0.1, -0.05) is 60.7 Å². The van der Waals surface area contributed by atoms with Gasteiger partial charge in [-0.05, 0) is 31.0 Å². The van der Waals surface area contributed by atoms with E-state index in [9.17, 15) is 9.90 Å². The Hall–Kier alpha value is -3.18. The summed E-state index contributed by atoms with van der Waals surface area (Å²) >= 11 is 0. The highest BCUT2D eigenvalue weighted by Gasteiger charge is 2.39. The van der Waals surface area contributed by atoms with Crippen LogP contribution in [-0.2, 0) is 10.4 Å². The molecule has 0 aliphatic heterocycles. The number of aliphatic hydroxyl groups is 1. The van der Waals surface area contributed by atoms with E-state index < -0.39 is 11.5 Å². The fraction of sp³-hybridized carbons (Fsp3) is 0.182. The van der Waals surface area contributed by atoms with Gasteiger partial charge in [0, 0.05) is 24.0 Å². The zero-order valence-corrected chi connectivity index (χ0v) is 15.4. The molecule has 1 amide bonds. The van der Waals surface area contributed by atoms with Crippen molar-refractivity contribution in [1.82, 2.24) is 9.99 Å². The molecule has 3 aromatic rings. The number of benzene rings is 2. The summed E-state index contributed by atoms with van der Waals surface area (Å²) in [6, 6.07) is 20.0. The Kier molecular flexibility index (Phi) is 5.52. The van der Waals surface area contributed by atoms with E-state index in [4.69, 9.17) is 0 Å². The molecule has 138 valence electrons. The van der Waals surface area contributed by atoms with Crippen LogP contribution in [0, 0.1) is 0 Å². The molecule has 0 radical (unpaired) electrons. The SMILES string of the molecule is CC(C)n1ccc(/C=N\NC(=O)C(O)(c2ccccc2)c2ccccc2)c1. The quantitative estimate of drug-likeness (QED) is 0.522. The Bertz CT molecular complexity index is 876. The second-order valence-corrected chi connectivity index (χ2v) is 6.63. The lowest BCUT2D eigenvalue weighted by Gasteiger charge is -2.27. The third-order valence-electron chi connectivity index (χ3n) is 4.42. The van der Waals surface area contributed by atoms with Crippen LogP contribution >= 0.6 is 0 Å². The molecule has 27 heavy (non-hydrogen) atoms. The first kappa shape index (κ1) is 18.6. The molecular weight excluding hydrogens is 338 g/mol. The van der Waals surface area contributed by atoms with Crippen molar-refractivity contribution in [3.8, 4) is 0 Å². The summed E-state index contributed by atoms with van der Waals surface area (Å²) in [5.41, 5.74) is 2.48. The van der Waals surface area contributed by atoms with Gasteiger partial charge in [-0.15, -0.1) is 0 Å². The number of hydrogen-bond donors (Lipinski definition) is 2. The molecule has 0 saturated carbocycles. The molecule has 5 heteroatoms. The van der Waals surface area contributed by atoms with Crippen molar-refractivity contribution in [2.75, 3.05) is 0 Å². The smallest absolute Gasteiger partial charge is 0.281 e. The lowest BCUT2D eigenvalue weighted by molar-refractivity contribution is -0.136. The largest absolute Gasteiger partial charge is 0.372 e. The highest BCUT2D eigenvalue weighted by Crippen LogP contribution is 2.29. The van der Waals surface area contributed by atoms with E-state index in [-0.39, 0.29) is 0 Å². The van der Waals surface area contributed by atoms with E-state index >= 15 is 0 Å². The maximum absolute atomic E-state index is 12.9. The minimum Gasteiger partial charge on any atom is -0.372 e. The van der Waals surface area contributed by atoms with Crippen molar-refractivity contribution in [3.05, 3.63) is 95.8 Å². The first-order chi connectivity index (χ1) is 13.0. The number of hydrazone groups is 1. The average molecular weight is 361 g/mol. The Morgan fingerprint density at radius 1 is 1.04 bits per heavy atom. The number of amides is 1. The van der Waals surface area contributed by atoms with Crippen LogP contribution < -0.4 is 5.43 Å². The van der Waals surface area contributed by atoms with Crippen molar-refractivity contribution in [1.29, 1.82) is 0 Å². The molecule has 0 aliphatic carbocycles. The van der Waals surface area contributed by atoms with Crippen molar-refractivity contribution in [3.63, 3.8) is 0 Å². The van der Waals surface area contributed by atoms with Crippen molar-refractivity contribution < 1.29 is 9.90 Å². The topological polar surface area (TPSA) is 66.6 Å². The zero-order valence-electron chi connectivity index (χ0n) is 15.4. The summed E-state index contributed by atoms with van der Waals surface area (Å²) in [5, 5.41) is 15.3. The third-order valence-corrected chi connectivity index (χ3v) is 4.42. The predicted molar refractivity (Wildman–Crippen MR) is 106 cm³/mol. The van der Waals surface area contributed by atoms with Gasteiger partial charge in [0.15, 0.2) is 5.60 Å². The van der Waals surface area contributed by atoms with Gasteiger partial charge in [0.2, 0.25) is 0 Å². The Morgan fingerprint density at radius 3 is 2.07 bits per heavy atom. The van der Waals surface area contributed by atoms with Crippen molar-refractivity contribution in [2.24, 2.45) is 5.10 Å². The monoisotopic (exact) mass is 361 g/mol. The number of nitrogens with one attached hydrogen (secondary N) is 1. The average Bonchev–Trinajstić information content (AvgIpc) is 3.18. The molecule has 5 nitrogen and oxygen atoms in total. The maximum Gasteiger partial charge on any atom is 0.281 e. The fourth-order valence-corrected chi connectivity index (χ4v) is 2.86. The van der Waals surface area contributed by atoms with E-state index in [1.807, 2.05) is 35.2 Å². The minimum atomic E-state index is -1.83. The van der Waals surface area contributed by atoms with Gasteiger partial charge in [-0.3, -0.25) is 4.79 Å². The molecule has 2 aromatic carbocycles. The highest BCUT2D eigenvalue weighted by molar-refractivity contribution is 5.91. The summed E-state index contributed by atoms with van der Waals surface area (Å²) in [7, 11) is 0. The van der Waals surface area contributed by atoms with Gasteiger partial charge >= 0.3 is 0 Å². The van der Waals surface area contributed by atoms with Gasteiger partial charge in [-0.2, -0.15) is 5.10 Å². The summed E-state index contributed by atoms with van der Waals surface area (Å²) in [5.74, 6) is -0.612. The van der Waals surface area contributed by atoms with E-state index in [2.05, 4.69) is 24.4 Å². The first-order valence-corrected chi connectivity index (χ1v) is 8.86. The van der Waals surface area contributed by atoms with Gasteiger partial charge < -0.3 is 9.67 Å². The second-order valence-electron chi connectivity index (χ2n) is 6.63. The van der Waals surface area contributed by atoms with Crippen LogP contribution in [-0.4, -0.2) is 21.8 Å². The van der Waals surface area contributed by atoms with Gasteiger partial charge in [0.05, 0.1) is 6.21 Å². The third kappa shape index (κ3) is 3.99. The number of carbonyl (C=O) groups excluding carboxylic acids is 1. The van der Waals surface area contributed by atoms with Crippen LogP contribution in [0.4, 0.5) is 0 Å². The molecule has 0 unspecified atom stereocenters.